The summed E-state index contributed by atoms with van der Waals surface area (Å²) in [5.41, 5.74) is 4.50. The maximum atomic E-state index is 11.6. The van der Waals surface area contributed by atoms with Crippen LogP contribution < -0.4 is 10.6 Å². The molecule has 0 spiro atoms. The Morgan fingerprint density at radius 3 is 2.71 bits per heavy atom. The van der Waals surface area contributed by atoms with Crippen LogP contribution >= 0.6 is 0 Å². The molecule has 0 unspecified atom stereocenters. The number of aromatic nitrogens is 2. The highest BCUT2D eigenvalue weighted by Crippen LogP contribution is 2.23. The van der Waals surface area contributed by atoms with Gasteiger partial charge in [-0.3, -0.25) is 14.8 Å². The molecule has 0 aromatic carbocycles. The highest BCUT2D eigenvalue weighted by molar-refractivity contribution is 5.81. The van der Waals surface area contributed by atoms with Crippen LogP contribution in [0.1, 0.15) is 18.2 Å². The summed E-state index contributed by atoms with van der Waals surface area (Å²) in [6.45, 7) is 6.73. The van der Waals surface area contributed by atoms with E-state index in [9.17, 15) is 4.79 Å². The SMILES string of the molecule is CCNC(=O)CNc1cc(-c2ccccn2)nc(C)c1C. The highest BCUT2D eigenvalue weighted by atomic mass is 16.1. The van der Waals surface area contributed by atoms with Gasteiger partial charge in [0.05, 0.1) is 17.9 Å². The maximum absolute atomic E-state index is 11.6. The number of aryl methyl sites for hydroxylation is 1. The molecule has 5 nitrogen and oxygen atoms in total. The van der Waals surface area contributed by atoms with Crippen molar-refractivity contribution in [1.29, 1.82) is 0 Å². The van der Waals surface area contributed by atoms with Gasteiger partial charge in [-0.25, -0.2) is 0 Å². The van der Waals surface area contributed by atoms with Crippen molar-refractivity contribution in [3.8, 4) is 11.4 Å². The number of carbonyl (C=O) groups is 1. The van der Waals surface area contributed by atoms with Gasteiger partial charge in [-0.05, 0) is 44.5 Å². The van der Waals surface area contributed by atoms with Gasteiger partial charge < -0.3 is 10.6 Å². The van der Waals surface area contributed by atoms with Crippen LogP contribution in [0.25, 0.3) is 11.4 Å². The number of nitrogens with one attached hydrogen (secondary N) is 2. The summed E-state index contributed by atoms with van der Waals surface area (Å²) in [6.07, 6.45) is 1.74. The molecule has 2 aromatic heterocycles. The average molecular weight is 284 g/mol. The lowest BCUT2D eigenvalue weighted by Gasteiger charge is -2.13. The zero-order valence-corrected chi connectivity index (χ0v) is 12.6. The Morgan fingerprint density at radius 2 is 2.05 bits per heavy atom. The molecule has 0 aliphatic rings. The van der Waals surface area contributed by atoms with Crippen LogP contribution in [0.2, 0.25) is 0 Å². The van der Waals surface area contributed by atoms with Crippen LogP contribution in [0, 0.1) is 13.8 Å². The third-order valence-electron chi connectivity index (χ3n) is 3.26. The van der Waals surface area contributed by atoms with Crippen molar-refractivity contribution in [2.45, 2.75) is 20.8 Å². The van der Waals surface area contributed by atoms with Crippen LogP contribution in [0.3, 0.4) is 0 Å². The van der Waals surface area contributed by atoms with Gasteiger partial charge in [-0.2, -0.15) is 0 Å². The third-order valence-corrected chi connectivity index (χ3v) is 3.26. The van der Waals surface area contributed by atoms with Crippen LogP contribution in [-0.4, -0.2) is 29.0 Å². The number of rotatable bonds is 5. The predicted molar refractivity (Wildman–Crippen MR) is 84.1 cm³/mol. The summed E-state index contributed by atoms with van der Waals surface area (Å²) >= 11 is 0. The fourth-order valence-electron chi connectivity index (χ4n) is 2.00. The van der Waals surface area contributed by atoms with E-state index in [0.29, 0.717) is 6.54 Å². The van der Waals surface area contributed by atoms with Gasteiger partial charge in [0.2, 0.25) is 5.91 Å². The molecule has 2 rings (SSSR count). The summed E-state index contributed by atoms with van der Waals surface area (Å²) in [5.74, 6) is -0.0225. The third kappa shape index (κ3) is 3.78. The van der Waals surface area contributed by atoms with Gasteiger partial charge in [-0.15, -0.1) is 0 Å². The molecule has 0 atom stereocenters. The van der Waals surface area contributed by atoms with Crippen LogP contribution in [0.4, 0.5) is 5.69 Å². The van der Waals surface area contributed by atoms with Crippen LogP contribution in [0.15, 0.2) is 30.5 Å². The lowest BCUT2D eigenvalue weighted by atomic mass is 10.1. The molecule has 0 fully saturated rings. The molecule has 2 heterocycles. The molecule has 0 aliphatic heterocycles. The van der Waals surface area contributed by atoms with E-state index in [1.807, 2.05) is 45.0 Å². The van der Waals surface area contributed by atoms with E-state index in [1.54, 1.807) is 6.20 Å². The van der Waals surface area contributed by atoms with Crippen molar-refractivity contribution in [3.63, 3.8) is 0 Å². The molecule has 1 amide bonds. The van der Waals surface area contributed by atoms with Gasteiger partial charge in [-0.1, -0.05) is 6.07 Å². The van der Waals surface area contributed by atoms with Crippen molar-refractivity contribution in [2.24, 2.45) is 0 Å². The standard InChI is InChI=1S/C16H20N4O/c1-4-17-16(21)10-19-14-9-15(20-12(3)11(14)2)13-7-5-6-8-18-13/h5-9H,4,10H2,1-3H3,(H,17,21)(H,19,20). The molecular weight excluding hydrogens is 264 g/mol. The predicted octanol–water partition coefficient (Wildman–Crippen LogP) is 2.31. The van der Waals surface area contributed by atoms with E-state index in [2.05, 4.69) is 20.6 Å². The van der Waals surface area contributed by atoms with Gasteiger partial charge in [0, 0.05) is 24.1 Å². The van der Waals surface area contributed by atoms with E-state index in [1.165, 1.54) is 0 Å². The average Bonchev–Trinajstić information content (AvgIpc) is 2.50. The smallest absolute Gasteiger partial charge is 0.239 e. The first kappa shape index (κ1) is 15.0. The van der Waals surface area contributed by atoms with Crippen LogP contribution in [0.5, 0.6) is 0 Å². The van der Waals surface area contributed by atoms with E-state index in [4.69, 9.17) is 0 Å². The quantitative estimate of drug-likeness (QED) is 0.884. The topological polar surface area (TPSA) is 66.9 Å². The van der Waals surface area contributed by atoms with Crippen molar-refractivity contribution >= 4 is 11.6 Å². The summed E-state index contributed by atoms with van der Waals surface area (Å²) in [6, 6.07) is 7.66. The summed E-state index contributed by atoms with van der Waals surface area (Å²) in [4.78, 5) is 20.4. The second kappa shape index (κ2) is 6.83. The molecule has 0 saturated heterocycles. The zero-order valence-electron chi connectivity index (χ0n) is 12.6. The van der Waals surface area contributed by atoms with E-state index >= 15 is 0 Å². The fourth-order valence-corrected chi connectivity index (χ4v) is 2.00. The van der Waals surface area contributed by atoms with Gasteiger partial charge in [0.25, 0.3) is 0 Å². The highest BCUT2D eigenvalue weighted by Gasteiger charge is 2.09. The Kier molecular flexibility index (Phi) is 4.87. The number of hydrogen-bond acceptors (Lipinski definition) is 4. The van der Waals surface area contributed by atoms with E-state index in [0.717, 1.165) is 28.3 Å². The lowest BCUT2D eigenvalue weighted by Crippen LogP contribution is -2.29. The van der Waals surface area contributed by atoms with Crippen molar-refractivity contribution in [2.75, 3.05) is 18.4 Å². The normalized spacial score (nSPS) is 10.2. The number of nitrogens with zero attached hydrogens (tertiary/aromatic N) is 2. The number of carbonyl (C=O) groups excluding carboxylic acids is 1. The maximum Gasteiger partial charge on any atom is 0.239 e. The van der Waals surface area contributed by atoms with Gasteiger partial charge in [0.1, 0.15) is 0 Å². The van der Waals surface area contributed by atoms with E-state index < -0.39 is 0 Å². The van der Waals surface area contributed by atoms with Crippen molar-refractivity contribution in [1.82, 2.24) is 15.3 Å². The molecule has 0 bridgehead atoms. The number of anilines is 1. The summed E-state index contributed by atoms with van der Waals surface area (Å²) in [5, 5.41) is 5.94. The molecule has 2 aromatic rings. The minimum atomic E-state index is -0.0225. The minimum absolute atomic E-state index is 0.0225. The van der Waals surface area contributed by atoms with Crippen molar-refractivity contribution in [3.05, 3.63) is 41.7 Å². The number of amides is 1. The molecular formula is C16H20N4O. The number of hydrogen-bond donors (Lipinski definition) is 2. The first-order valence-electron chi connectivity index (χ1n) is 7.02. The second-order valence-electron chi connectivity index (χ2n) is 4.79. The first-order valence-corrected chi connectivity index (χ1v) is 7.02. The number of pyridine rings is 2. The minimum Gasteiger partial charge on any atom is -0.376 e. The molecule has 0 aliphatic carbocycles. The van der Waals surface area contributed by atoms with Gasteiger partial charge >= 0.3 is 0 Å². The van der Waals surface area contributed by atoms with Crippen LogP contribution in [-0.2, 0) is 4.79 Å². The molecule has 21 heavy (non-hydrogen) atoms. The van der Waals surface area contributed by atoms with Crippen molar-refractivity contribution < 1.29 is 4.79 Å². The largest absolute Gasteiger partial charge is 0.376 e. The molecule has 2 N–H and O–H groups in total. The Balaban J connectivity index is 2.25. The lowest BCUT2D eigenvalue weighted by molar-refractivity contribution is -0.119. The molecule has 0 saturated carbocycles. The second-order valence-corrected chi connectivity index (χ2v) is 4.79. The zero-order chi connectivity index (χ0) is 15.2. The fraction of sp³-hybridized carbons (Fsp3) is 0.312. The first-order chi connectivity index (χ1) is 10.1. The summed E-state index contributed by atoms with van der Waals surface area (Å²) < 4.78 is 0. The van der Waals surface area contributed by atoms with E-state index in [-0.39, 0.29) is 12.5 Å². The Hall–Kier alpha value is -2.43. The molecule has 0 radical (unpaired) electrons. The Morgan fingerprint density at radius 1 is 1.24 bits per heavy atom. The van der Waals surface area contributed by atoms with Gasteiger partial charge in [0.15, 0.2) is 0 Å². The Bertz CT molecular complexity index is 626. The Labute approximate surface area is 124 Å². The summed E-state index contributed by atoms with van der Waals surface area (Å²) in [7, 11) is 0. The molecule has 110 valence electrons. The molecule has 5 heteroatoms. The number of likely N-dealkylation sites (N-methyl/N-ethyl adjacent to an activating group) is 1. The monoisotopic (exact) mass is 284 g/mol.